The third-order valence-electron chi connectivity index (χ3n) is 3.68. The first kappa shape index (κ1) is 18.5. The van der Waals surface area contributed by atoms with Gasteiger partial charge in [0.25, 0.3) is 5.91 Å². The number of carbonyl (C=O) groups excluding carboxylic acids is 1. The lowest BCUT2D eigenvalue weighted by Gasteiger charge is -2.06. The standard InChI is InChI=1S/C20H24N2O3/c1-2-3-4-7-14-25-17-12-10-16(11-13-17)15-21-22-20(24)18-8-5-6-9-19(18)23/h5-6,8-13,15,23H,2-4,7,14H2,1H3,(H,22,24). The molecule has 0 fully saturated rings. The van der Waals surface area contributed by atoms with Crippen LogP contribution in [-0.4, -0.2) is 23.8 Å². The number of amides is 1. The molecule has 0 spiro atoms. The van der Waals surface area contributed by atoms with E-state index in [-0.39, 0.29) is 11.3 Å². The molecule has 0 aliphatic rings. The van der Waals surface area contributed by atoms with Gasteiger partial charge in [-0.15, -0.1) is 0 Å². The minimum atomic E-state index is -0.457. The highest BCUT2D eigenvalue weighted by atomic mass is 16.5. The van der Waals surface area contributed by atoms with Crippen molar-refractivity contribution in [2.45, 2.75) is 32.6 Å². The van der Waals surface area contributed by atoms with E-state index in [1.165, 1.54) is 31.4 Å². The van der Waals surface area contributed by atoms with Crippen molar-refractivity contribution in [3.8, 4) is 11.5 Å². The zero-order valence-electron chi connectivity index (χ0n) is 14.4. The largest absolute Gasteiger partial charge is 0.507 e. The molecule has 0 bridgehead atoms. The van der Waals surface area contributed by atoms with Gasteiger partial charge in [-0.3, -0.25) is 4.79 Å². The van der Waals surface area contributed by atoms with Crippen LogP contribution in [0.25, 0.3) is 0 Å². The molecule has 0 radical (unpaired) electrons. The van der Waals surface area contributed by atoms with Crippen molar-refractivity contribution in [2.75, 3.05) is 6.61 Å². The molecule has 2 aromatic carbocycles. The summed E-state index contributed by atoms with van der Waals surface area (Å²) >= 11 is 0. The summed E-state index contributed by atoms with van der Waals surface area (Å²) in [7, 11) is 0. The molecule has 0 saturated heterocycles. The highest BCUT2D eigenvalue weighted by Crippen LogP contribution is 2.15. The summed E-state index contributed by atoms with van der Waals surface area (Å²) in [5.74, 6) is 0.295. The Balaban J connectivity index is 1.79. The van der Waals surface area contributed by atoms with Gasteiger partial charge in [0.1, 0.15) is 11.5 Å². The fourth-order valence-electron chi connectivity index (χ4n) is 2.26. The number of nitrogens with zero attached hydrogens (tertiary/aromatic N) is 1. The van der Waals surface area contributed by atoms with Crippen LogP contribution >= 0.6 is 0 Å². The highest BCUT2D eigenvalue weighted by molar-refractivity contribution is 5.97. The van der Waals surface area contributed by atoms with E-state index in [1.807, 2.05) is 24.3 Å². The Labute approximate surface area is 148 Å². The average Bonchev–Trinajstić information content (AvgIpc) is 2.63. The smallest absolute Gasteiger partial charge is 0.275 e. The summed E-state index contributed by atoms with van der Waals surface area (Å²) in [5, 5.41) is 13.5. The molecule has 2 rings (SSSR count). The summed E-state index contributed by atoms with van der Waals surface area (Å²) in [6.45, 7) is 2.91. The number of carbonyl (C=O) groups is 1. The number of phenols is 1. The number of aromatic hydroxyl groups is 1. The van der Waals surface area contributed by atoms with Crippen LogP contribution in [0.5, 0.6) is 11.5 Å². The Morgan fingerprint density at radius 2 is 1.88 bits per heavy atom. The number of hydrazone groups is 1. The van der Waals surface area contributed by atoms with E-state index in [4.69, 9.17) is 4.74 Å². The lowest BCUT2D eigenvalue weighted by atomic mass is 10.2. The third-order valence-corrected chi connectivity index (χ3v) is 3.68. The van der Waals surface area contributed by atoms with Gasteiger partial charge in [0, 0.05) is 0 Å². The molecule has 0 heterocycles. The number of hydrogen-bond donors (Lipinski definition) is 2. The molecule has 25 heavy (non-hydrogen) atoms. The molecular formula is C20H24N2O3. The molecule has 132 valence electrons. The Morgan fingerprint density at radius 1 is 1.12 bits per heavy atom. The molecule has 1 amide bonds. The van der Waals surface area contributed by atoms with Gasteiger partial charge >= 0.3 is 0 Å². The summed E-state index contributed by atoms with van der Waals surface area (Å²) < 4.78 is 5.68. The van der Waals surface area contributed by atoms with E-state index in [0.717, 1.165) is 24.3 Å². The van der Waals surface area contributed by atoms with Crippen LogP contribution in [0, 0.1) is 0 Å². The van der Waals surface area contributed by atoms with Gasteiger partial charge in [0.05, 0.1) is 18.4 Å². The number of ether oxygens (including phenoxy) is 1. The zero-order valence-corrected chi connectivity index (χ0v) is 14.4. The molecule has 0 aliphatic heterocycles. The predicted molar refractivity (Wildman–Crippen MR) is 99.2 cm³/mol. The van der Waals surface area contributed by atoms with Crippen molar-refractivity contribution < 1.29 is 14.6 Å². The minimum Gasteiger partial charge on any atom is -0.507 e. The molecule has 0 atom stereocenters. The molecule has 0 unspecified atom stereocenters. The van der Waals surface area contributed by atoms with Gasteiger partial charge in [0.2, 0.25) is 0 Å². The van der Waals surface area contributed by atoms with Gasteiger partial charge < -0.3 is 9.84 Å². The first-order chi connectivity index (χ1) is 12.2. The second-order valence-electron chi connectivity index (χ2n) is 5.69. The third kappa shape index (κ3) is 6.30. The summed E-state index contributed by atoms with van der Waals surface area (Å²) in [6, 6.07) is 13.8. The predicted octanol–water partition coefficient (Wildman–Crippen LogP) is 4.12. The SMILES string of the molecule is CCCCCCOc1ccc(C=NNC(=O)c2ccccc2O)cc1. The van der Waals surface area contributed by atoms with Crippen molar-refractivity contribution >= 4 is 12.1 Å². The Morgan fingerprint density at radius 3 is 2.60 bits per heavy atom. The lowest BCUT2D eigenvalue weighted by Crippen LogP contribution is -2.17. The first-order valence-electron chi connectivity index (χ1n) is 8.55. The van der Waals surface area contributed by atoms with Crippen LogP contribution < -0.4 is 10.2 Å². The van der Waals surface area contributed by atoms with E-state index < -0.39 is 5.91 Å². The van der Waals surface area contributed by atoms with Crippen LogP contribution in [0.4, 0.5) is 0 Å². The van der Waals surface area contributed by atoms with Crippen LogP contribution in [0.1, 0.15) is 48.5 Å². The Kier molecular flexibility index (Phi) is 7.50. The molecule has 0 saturated carbocycles. The normalized spacial score (nSPS) is 10.8. The Bertz CT molecular complexity index is 696. The van der Waals surface area contributed by atoms with E-state index in [9.17, 15) is 9.90 Å². The molecule has 2 aromatic rings. The van der Waals surface area contributed by atoms with E-state index in [2.05, 4.69) is 17.5 Å². The second-order valence-corrected chi connectivity index (χ2v) is 5.69. The maximum atomic E-state index is 11.9. The number of phenolic OH excluding ortho intramolecular Hbond substituents is 1. The summed E-state index contributed by atoms with van der Waals surface area (Å²) in [5.41, 5.74) is 3.43. The van der Waals surface area contributed by atoms with Crippen molar-refractivity contribution in [1.29, 1.82) is 0 Å². The first-order valence-corrected chi connectivity index (χ1v) is 8.55. The summed E-state index contributed by atoms with van der Waals surface area (Å²) in [4.78, 5) is 11.9. The van der Waals surface area contributed by atoms with E-state index in [1.54, 1.807) is 18.3 Å². The molecule has 0 aromatic heterocycles. The minimum absolute atomic E-state index is 0.0735. The fourth-order valence-corrected chi connectivity index (χ4v) is 2.26. The van der Waals surface area contributed by atoms with Crippen LogP contribution in [-0.2, 0) is 0 Å². The number of unbranched alkanes of at least 4 members (excludes halogenated alkanes) is 3. The van der Waals surface area contributed by atoms with E-state index in [0.29, 0.717) is 0 Å². The van der Waals surface area contributed by atoms with E-state index >= 15 is 0 Å². The van der Waals surface area contributed by atoms with Crippen LogP contribution in [0.2, 0.25) is 0 Å². The molecule has 2 N–H and O–H groups in total. The number of hydrogen-bond acceptors (Lipinski definition) is 4. The number of nitrogens with one attached hydrogen (secondary N) is 1. The van der Waals surface area contributed by atoms with Crippen LogP contribution in [0.15, 0.2) is 53.6 Å². The zero-order chi connectivity index (χ0) is 17.9. The van der Waals surface area contributed by atoms with Crippen LogP contribution in [0.3, 0.4) is 0 Å². The number of rotatable bonds is 9. The molecular weight excluding hydrogens is 316 g/mol. The molecule has 5 nitrogen and oxygen atoms in total. The maximum Gasteiger partial charge on any atom is 0.275 e. The van der Waals surface area contributed by atoms with Gasteiger partial charge in [0.15, 0.2) is 0 Å². The summed E-state index contributed by atoms with van der Waals surface area (Å²) in [6.07, 6.45) is 6.26. The monoisotopic (exact) mass is 340 g/mol. The fraction of sp³-hybridized carbons (Fsp3) is 0.300. The second kappa shape index (κ2) is 10.1. The molecule has 5 heteroatoms. The van der Waals surface area contributed by atoms with Gasteiger partial charge in [-0.2, -0.15) is 5.10 Å². The Hall–Kier alpha value is -2.82. The van der Waals surface area contributed by atoms with Crippen molar-refractivity contribution in [1.82, 2.24) is 5.43 Å². The topological polar surface area (TPSA) is 70.9 Å². The van der Waals surface area contributed by atoms with Gasteiger partial charge in [-0.05, 0) is 48.4 Å². The van der Waals surface area contributed by atoms with Gasteiger partial charge in [-0.1, -0.05) is 38.3 Å². The van der Waals surface area contributed by atoms with Crippen molar-refractivity contribution in [3.05, 3.63) is 59.7 Å². The van der Waals surface area contributed by atoms with Crippen molar-refractivity contribution in [3.63, 3.8) is 0 Å². The quantitative estimate of drug-likeness (QED) is 0.410. The maximum absolute atomic E-state index is 11.9. The number of para-hydroxylation sites is 1. The highest BCUT2D eigenvalue weighted by Gasteiger charge is 2.08. The lowest BCUT2D eigenvalue weighted by molar-refractivity contribution is 0.0952. The average molecular weight is 340 g/mol. The molecule has 0 aliphatic carbocycles. The van der Waals surface area contributed by atoms with Gasteiger partial charge in [-0.25, -0.2) is 5.43 Å². The number of benzene rings is 2. The van der Waals surface area contributed by atoms with Crippen molar-refractivity contribution in [2.24, 2.45) is 5.10 Å².